The number of oxazole rings is 1. The summed E-state index contributed by atoms with van der Waals surface area (Å²) < 4.78 is 5.85. The standard InChI is InChI=1S/C18H32N2O2/c1-12(2)10-20(11-13(3)4)16(21)9-15-14(5)19-17(22-15)18(6,7)8/h12-13H,9-11H2,1-8H3. The van der Waals surface area contributed by atoms with Gasteiger partial charge < -0.3 is 9.32 Å². The molecular formula is C18H32N2O2. The van der Waals surface area contributed by atoms with E-state index in [2.05, 4.69) is 53.5 Å². The molecule has 1 rings (SSSR count). The van der Waals surface area contributed by atoms with E-state index in [0.29, 0.717) is 29.9 Å². The first-order valence-corrected chi connectivity index (χ1v) is 8.25. The van der Waals surface area contributed by atoms with Gasteiger partial charge in [-0.05, 0) is 18.8 Å². The summed E-state index contributed by atoms with van der Waals surface area (Å²) in [5, 5.41) is 0. The minimum atomic E-state index is -0.137. The molecule has 0 aliphatic heterocycles. The van der Waals surface area contributed by atoms with Crippen molar-refractivity contribution in [3.63, 3.8) is 0 Å². The number of amides is 1. The maximum absolute atomic E-state index is 12.6. The summed E-state index contributed by atoms with van der Waals surface area (Å²) in [6.07, 6.45) is 0.300. The second-order valence-electron chi connectivity index (χ2n) is 8.04. The molecule has 0 aliphatic rings. The molecule has 0 atom stereocenters. The summed E-state index contributed by atoms with van der Waals surface area (Å²) in [7, 11) is 0. The van der Waals surface area contributed by atoms with Gasteiger partial charge in [0.25, 0.3) is 0 Å². The number of nitrogens with zero attached hydrogens (tertiary/aromatic N) is 2. The first-order valence-electron chi connectivity index (χ1n) is 8.25. The Balaban J connectivity index is 2.87. The first-order chi connectivity index (χ1) is 10.0. The van der Waals surface area contributed by atoms with Crippen LogP contribution in [0.25, 0.3) is 0 Å². The Hall–Kier alpha value is -1.32. The van der Waals surface area contributed by atoms with Crippen LogP contribution in [0, 0.1) is 18.8 Å². The zero-order valence-electron chi connectivity index (χ0n) is 15.5. The van der Waals surface area contributed by atoms with Crippen molar-refractivity contribution in [3.05, 3.63) is 17.3 Å². The Morgan fingerprint density at radius 1 is 1.14 bits per heavy atom. The van der Waals surface area contributed by atoms with Gasteiger partial charge in [0, 0.05) is 18.5 Å². The largest absolute Gasteiger partial charge is 0.444 e. The third-order valence-electron chi connectivity index (χ3n) is 3.37. The van der Waals surface area contributed by atoms with Crippen LogP contribution in [0.5, 0.6) is 0 Å². The van der Waals surface area contributed by atoms with Gasteiger partial charge >= 0.3 is 0 Å². The molecule has 0 bridgehead atoms. The fourth-order valence-corrected chi connectivity index (χ4v) is 2.32. The Bertz CT molecular complexity index is 486. The van der Waals surface area contributed by atoms with Crippen molar-refractivity contribution in [1.29, 1.82) is 0 Å². The molecule has 4 heteroatoms. The molecule has 4 nitrogen and oxygen atoms in total. The fraction of sp³-hybridized carbons (Fsp3) is 0.778. The van der Waals surface area contributed by atoms with Crippen molar-refractivity contribution in [2.75, 3.05) is 13.1 Å². The molecule has 1 heterocycles. The van der Waals surface area contributed by atoms with E-state index in [9.17, 15) is 4.79 Å². The highest BCUT2D eigenvalue weighted by molar-refractivity contribution is 5.78. The van der Waals surface area contributed by atoms with Crippen LogP contribution in [0.15, 0.2) is 4.42 Å². The van der Waals surface area contributed by atoms with E-state index in [0.717, 1.165) is 18.8 Å². The molecule has 126 valence electrons. The molecule has 1 aromatic rings. The summed E-state index contributed by atoms with van der Waals surface area (Å²) in [5.41, 5.74) is 0.689. The predicted octanol–water partition coefficient (Wildman–Crippen LogP) is 3.96. The van der Waals surface area contributed by atoms with E-state index in [1.807, 2.05) is 11.8 Å². The van der Waals surface area contributed by atoms with E-state index < -0.39 is 0 Å². The van der Waals surface area contributed by atoms with Gasteiger partial charge in [-0.25, -0.2) is 4.98 Å². The van der Waals surface area contributed by atoms with Crippen molar-refractivity contribution in [2.24, 2.45) is 11.8 Å². The van der Waals surface area contributed by atoms with Crippen molar-refractivity contribution in [3.8, 4) is 0 Å². The van der Waals surface area contributed by atoms with Crippen LogP contribution < -0.4 is 0 Å². The highest BCUT2D eigenvalue weighted by Gasteiger charge is 2.25. The quantitative estimate of drug-likeness (QED) is 0.799. The number of aryl methyl sites for hydroxylation is 1. The molecule has 0 aliphatic carbocycles. The highest BCUT2D eigenvalue weighted by atomic mass is 16.4. The second kappa shape index (κ2) is 7.30. The van der Waals surface area contributed by atoms with Gasteiger partial charge in [-0.15, -0.1) is 0 Å². The van der Waals surface area contributed by atoms with Gasteiger partial charge in [0.05, 0.1) is 12.1 Å². The van der Waals surface area contributed by atoms with Gasteiger partial charge in [-0.3, -0.25) is 4.79 Å². The van der Waals surface area contributed by atoms with Crippen LogP contribution in [0.4, 0.5) is 0 Å². The Morgan fingerprint density at radius 3 is 2.00 bits per heavy atom. The lowest BCUT2D eigenvalue weighted by atomic mass is 9.97. The lowest BCUT2D eigenvalue weighted by molar-refractivity contribution is -0.131. The van der Waals surface area contributed by atoms with E-state index in [-0.39, 0.29) is 11.3 Å². The van der Waals surface area contributed by atoms with Crippen molar-refractivity contribution in [2.45, 2.75) is 67.2 Å². The molecule has 0 N–H and O–H groups in total. The van der Waals surface area contributed by atoms with E-state index in [1.165, 1.54) is 0 Å². The van der Waals surface area contributed by atoms with Crippen molar-refractivity contribution < 1.29 is 9.21 Å². The van der Waals surface area contributed by atoms with Crippen molar-refractivity contribution >= 4 is 5.91 Å². The number of aromatic nitrogens is 1. The molecular weight excluding hydrogens is 276 g/mol. The second-order valence-corrected chi connectivity index (χ2v) is 8.04. The fourth-order valence-electron chi connectivity index (χ4n) is 2.32. The van der Waals surface area contributed by atoms with Crippen LogP contribution >= 0.6 is 0 Å². The lowest BCUT2D eigenvalue weighted by Gasteiger charge is -2.26. The minimum Gasteiger partial charge on any atom is -0.444 e. The third kappa shape index (κ3) is 5.47. The van der Waals surface area contributed by atoms with Crippen LogP contribution in [-0.4, -0.2) is 28.9 Å². The summed E-state index contributed by atoms with van der Waals surface area (Å²) in [4.78, 5) is 19.1. The number of carbonyl (C=O) groups is 1. The molecule has 0 fully saturated rings. The zero-order valence-corrected chi connectivity index (χ0v) is 15.5. The number of rotatable bonds is 6. The smallest absolute Gasteiger partial charge is 0.230 e. The van der Waals surface area contributed by atoms with Crippen molar-refractivity contribution in [1.82, 2.24) is 9.88 Å². The SMILES string of the molecule is Cc1nc(C(C)(C)C)oc1CC(=O)N(CC(C)C)CC(C)C. The molecule has 0 radical (unpaired) electrons. The monoisotopic (exact) mass is 308 g/mol. The Labute approximate surface area is 135 Å². The van der Waals surface area contributed by atoms with Crippen LogP contribution in [0.1, 0.15) is 65.8 Å². The molecule has 1 aromatic heterocycles. The number of hydrogen-bond donors (Lipinski definition) is 0. The molecule has 0 saturated heterocycles. The van der Waals surface area contributed by atoms with Crippen LogP contribution in [-0.2, 0) is 16.6 Å². The summed E-state index contributed by atoms with van der Waals surface area (Å²) in [6, 6.07) is 0. The van der Waals surface area contributed by atoms with Gasteiger partial charge in [-0.2, -0.15) is 0 Å². The Kier molecular flexibility index (Phi) is 6.21. The predicted molar refractivity (Wildman–Crippen MR) is 89.9 cm³/mol. The van der Waals surface area contributed by atoms with Gasteiger partial charge in [0.2, 0.25) is 5.91 Å². The Morgan fingerprint density at radius 2 is 1.64 bits per heavy atom. The summed E-state index contributed by atoms with van der Waals surface area (Å²) in [6.45, 7) is 18.2. The average molecular weight is 308 g/mol. The van der Waals surface area contributed by atoms with Gasteiger partial charge in [-0.1, -0.05) is 48.5 Å². The average Bonchev–Trinajstić information content (AvgIpc) is 2.68. The molecule has 0 aromatic carbocycles. The van der Waals surface area contributed by atoms with E-state index in [4.69, 9.17) is 4.42 Å². The number of carbonyl (C=O) groups excluding carboxylic acids is 1. The zero-order chi connectivity index (χ0) is 17.1. The molecule has 22 heavy (non-hydrogen) atoms. The third-order valence-corrected chi connectivity index (χ3v) is 3.37. The first kappa shape index (κ1) is 18.7. The molecule has 0 spiro atoms. The van der Waals surface area contributed by atoms with E-state index in [1.54, 1.807) is 0 Å². The summed E-state index contributed by atoms with van der Waals surface area (Å²) >= 11 is 0. The minimum absolute atomic E-state index is 0.127. The summed E-state index contributed by atoms with van der Waals surface area (Å²) in [5.74, 6) is 2.45. The van der Waals surface area contributed by atoms with Crippen LogP contribution in [0.3, 0.4) is 0 Å². The van der Waals surface area contributed by atoms with Gasteiger partial charge in [0.1, 0.15) is 5.76 Å². The number of hydrogen-bond acceptors (Lipinski definition) is 3. The highest BCUT2D eigenvalue weighted by Crippen LogP contribution is 2.24. The van der Waals surface area contributed by atoms with Gasteiger partial charge in [0.15, 0.2) is 5.89 Å². The molecule has 0 saturated carbocycles. The molecule has 0 unspecified atom stereocenters. The topological polar surface area (TPSA) is 46.3 Å². The molecule has 1 amide bonds. The lowest BCUT2D eigenvalue weighted by Crippen LogP contribution is -2.38. The normalized spacial score (nSPS) is 12.3. The maximum atomic E-state index is 12.6. The van der Waals surface area contributed by atoms with E-state index >= 15 is 0 Å². The maximum Gasteiger partial charge on any atom is 0.230 e. The van der Waals surface area contributed by atoms with Crippen LogP contribution in [0.2, 0.25) is 0 Å².